The molecule has 2 fully saturated rings. The highest BCUT2D eigenvalue weighted by Crippen LogP contribution is 2.34. The first-order chi connectivity index (χ1) is 9.19. The second kappa shape index (κ2) is 7.13. The van der Waals surface area contributed by atoms with Crippen molar-refractivity contribution < 1.29 is 4.74 Å². The first kappa shape index (κ1) is 14.6. The number of guanidine groups is 1. The van der Waals surface area contributed by atoms with Crippen LogP contribution in [-0.4, -0.2) is 37.3 Å². The molecule has 0 aromatic heterocycles. The Morgan fingerprint density at radius 2 is 2.21 bits per heavy atom. The SMILES string of the molecule is CCNC(=NCCCC(C)C)NC1CC2CCC1O2. The molecule has 3 unspecified atom stereocenters. The van der Waals surface area contributed by atoms with Crippen molar-refractivity contribution in [3.8, 4) is 0 Å². The average molecular weight is 267 g/mol. The summed E-state index contributed by atoms with van der Waals surface area (Å²) in [5.74, 6) is 1.73. The van der Waals surface area contributed by atoms with Crippen LogP contribution in [0.15, 0.2) is 4.99 Å². The van der Waals surface area contributed by atoms with Crippen molar-refractivity contribution in [1.82, 2.24) is 10.6 Å². The minimum absolute atomic E-state index is 0.407. The molecular formula is C15H29N3O. The van der Waals surface area contributed by atoms with Crippen molar-refractivity contribution >= 4 is 5.96 Å². The van der Waals surface area contributed by atoms with E-state index in [0.717, 1.165) is 31.4 Å². The van der Waals surface area contributed by atoms with Crippen LogP contribution in [0.5, 0.6) is 0 Å². The fourth-order valence-corrected chi connectivity index (χ4v) is 2.98. The molecule has 0 spiro atoms. The van der Waals surface area contributed by atoms with E-state index in [0.29, 0.717) is 18.2 Å². The molecule has 0 aliphatic carbocycles. The fourth-order valence-electron chi connectivity index (χ4n) is 2.98. The lowest BCUT2D eigenvalue weighted by atomic mass is 9.96. The number of nitrogens with zero attached hydrogens (tertiary/aromatic N) is 1. The Bertz CT molecular complexity index is 304. The van der Waals surface area contributed by atoms with Gasteiger partial charge in [-0.1, -0.05) is 13.8 Å². The topological polar surface area (TPSA) is 45.7 Å². The van der Waals surface area contributed by atoms with Gasteiger partial charge in [0.05, 0.1) is 18.2 Å². The zero-order chi connectivity index (χ0) is 13.7. The largest absolute Gasteiger partial charge is 0.373 e. The summed E-state index contributed by atoms with van der Waals surface area (Å²) in [6, 6.07) is 0.460. The van der Waals surface area contributed by atoms with Crippen molar-refractivity contribution in [2.24, 2.45) is 10.9 Å². The predicted molar refractivity (Wildman–Crippen MR) is 79.5 cm³/mol. The number of aliphatic imine (C=N–C) groups is 1. The third-order valence-corrected chi connectivity index (χ3v) is 3.98. The number of nitrogens with one attached hydrogen (secondary N) is 2. The van der Waals surface area contributed by atoms with Crippen LogP contribution >= 0.6 is 0 Å². The highest BCUT2D eigenvalue weighted by atomic mass is 16.5. The fraction of sp³-hybridized carbons (Fsp3) is 0.933. The van der Waals surface area contributed by atoms with Crippen LogP contribution in [0.25, 0.3) is 0 Å². The van der Waals surface area contributed by atoms with E-state index < -0.39 is 0 Å². The molecule has 0 aromatic carbocycles. The van der Waals surface area contributed by atoms with Gasteiger partial charge < -0.3 is 15.4 Å². The van der Waals surface area contributed by atoms with Crippen molar-refractivity contribution in [3.63, 3.8) is 0 Å². The zero-order valence-corrected chi connectivity index (χ0v) is 12.6. The van der Waals surface area contributed by atoms with Crippen LogP contribution in [-0.2, 0) is 4.74 Å². The molecule has 2 saturated heterocycles. The average Bonchev–Trinajstić information content (AvgIpc) is 2.96. The van der Waals surface area contributed by atoms with Gasteiger partial charge in [-0.3, -0.25) is 4.99 Å². The van der Waals surface area contributed by atoms with Gasteiger partial charge in [0.1, 0.15) is 0 Å². The van der Waals surface area contributed by atoms with E-state index in [4.69, 9.17) is 4.74 Å². The first-order valence-corrected chi connectivity index (χ1v) is 7.89. The minimum Gasteiger partial charge on any atom is -0.373 e. The quantitative estimate of drug-likeness (QED) is 0.441. The van der Waals surface area contributed by atoms with Gasteiger partial charge in [0, 0.05) is 13.1 Å². The zero-order valence-electron chi connectivity index (χ0n) is 12.6. The standard InChI is InChI=1S/C15H29N3O/c1-4-16-15(17-9-5-6-11(2)3)18-13-10-12-7-8-14(13)19-12/h11-14H,4-10H2,1-3H3,(H2,16,17,18). The van der Waals surface area contributed by atoms with E-state index in [2.05, 4.69) is 36.4 Å². The molecule has 0 saturated carbocycles. The molecule has 0 aromatic rings. The molecule has 0 amide bonds. The molecule has 0 radical (unpaired) electrons. The van der Waals surface area contributed by atoms with E-state index >= 15 is 0 Å². The maximum atomic E-state index is 5.88. The van der Waals surface area contributed by atoms with Crippen molar-refractivity contribution in [2.45, 2.75) is 71.1 Å². The lowest BCUT2D eigenvalue weighted by Crippen LogP contribution is -2.47. The molecule has 3 atom stereocenters. The third kappa shape index (κ3) is 4.37. The van der Waals surface area contributed by atoms with Crippen LogP contribution in [0.2, 0.25) is 0 Å². The molecule has 2 aliphatic rings. The molecule has 2 N–H and O–H groups in total. The van der Waals surface area contributed by atoms with Crippen molar-refractivity contribution in [2.75, 3.05) is 13.1 Å². The van der Waals surface area contributed by atoms with Crippen LogP contribution in [0.1, 0.15) is 52.9 Å². The van der Waals surface area contributed by atoms with E-state index in [1.165, 1.54) is 25.7 Å². The molecule has 19 heavy (non-hydrogen) atoms. The Hall–Kier alpha value is -0.770. The Kier molecular flexibility index (Phi) is 5.49. The van der Waals surface area contributed by atoms with Crippen LogP contribution < -0.4 is 10.6 Å². The lowest BCUT2D eigenvalue weighted by Gasteiger charge is -2.22. The molecule has 2 rings (SSSR count). The second-order valence-electron chi connectivity index (χ2n) is 6.16. The summed E-state index contributed by atoms with van der Waals surface area (Å²) in [4.78, 5) is 4.67. The summed E-state index contributed by atoms with van der Waals surface area (Å²) in [6.45, 7) is 8.47. The maximum absolute atomic E-state index is 5.88. The number of ether oxygens (including phenoxy) is 1. The van der Waals surface area contributed by atoms with Crippen LogP contribution in [0, 0.1) is 5.92 Å². The van der Waals surface area contributed by atoms with Gasteiger partial charge in [-0.25, -0.2) is 0 Å². The Labute approximate surface area is 117 Å². The summed E-state index contributed by atoms with van der Waals surface area (Å²) in [6.07, 6.45) is 6.90. The van der Waals surface area contributed by atoms with Gasteiger partial charge in [-0.05, 0) is 44.9 Å². The number of hydrogen-bond donors (Lipinski definition) is 2. The van der Waals surface area contributed by atoms with Gasteiger partial charge in [-0.2, -0.15) is 0 Å². The highest BCUT2D eigenvalue weighted by Gasteiger charge is 2.41. The molecule has 4 heteroatoms. The van der Waals surface area contributed by atoms with Gasteiger partial charge in [0.15, 0.2) is 5.96 Å². The van der Waals surface area contributed by atoms with Gasteiger partial charge >= 0.3 is 0 Å². The summed E-state index contributed by atoms with van der Waals surface area (Å²) in [5.41, 5.74) is 0. The highest BCUT2D eigenvalue weighted by molar-refractivity contribution is 5.80. The Balaban J connectivity index is 1.77. The van der Waals surface area contributed by atoms with E-state index in [1.807, 2.05) is 0 Å². The monoisotopic (exact) mass is 267 g/mol. The molecule has 2 heterocycles. The maximum Gasteiger partial charge on any atom is 0.191 e. The van der Waals surface area contributed by atoms with Gasteiger partial charge in [-0.15, -0.1) is 0 Å². The third-order valence-electron chi connectivity index (χ3n) is 3.98. The molecular weight excluding hydrogens is 238 g/mol. The Morgan fingerprint density at radius 1 is 1.37 bits per heavy atom. The number of rotatable bonds is 6. The van der Waals surface area contributed by atoms with Crippen LogP contribution in [0.3, 0.4) is 0 Å². The summed E-state index contributed by atoms with van der Waals surface area (Å²) < 4.78 is 5.88. The van der Waals surface area contributed by atoms with E-state index in [-0.39, 0.29) is 0 Å². The smallest absolute Gasteiger partial charge is 0.191 e. The summed E-state index contributed by atoms with van der Waals surface area (Å²) in [7, 11) is 0. The van der Waals surface area contributed by atoms with Crippen molar-refractivity contribution in [1.29, 1.82) is 0 Å². The molecule has 110 valence electrons. The van der Waals surface area contributed by atoms with Gasteiger partial charge in [0.25, 0.3) is 0 Å². The van der Waals surface area contributed by atoms with Crippen molar-refractivity contribution in [3.05, 3.63) is 0 Å². The second-order valence-corrected chi connectivity index (χ2v) is 6.16. The normalized spacial score (nSPS) is 30.1. The molecule has 2 aliphatic heterocycles. The van der Waals surface area contributed by atoms with E-state index in [1.54, 1.807) is 0 Å². The number of hydrogen-bond acceptors (Lipinski definition) is 2. The number of fused-ring (bicyclic) bond motifs is 2. The van der Waals surface area contributed by atoms with Gasteiger partial charge in [0.2, 0.25) is 0 Å². The lowest BCUT2D eigenvalue weighted by molar-refractivity contribution is 0.0992. The summed E-state index contributed by atoms with van der Waals surface area (Å²) >= 11 is 0. The Morgan fingerprint density at radius 3 is 2.79 bits per heavy atom. The first-order valence-electron chi connectivity index (χ1n) is 7.89. The van der Waals surface area contributed by atoms with Crippen LogP contribution in [0.4, 0.5) is 0 Å². The molecule has 2 bridgehead atoms. The predicted octanol–water partition coefficient (Wildman–Crippen LogP) is 2.30. The molecule has 4 nitrogen and oxygen atoms in total. The van der Waals surface area contributed by atoms with E-state index in [9.17, 15) is 0 Å². The summed E-state index contributed by atoms with van der Waals surface area (Å²) in [5, 5.41) is 6.89. The minimum atomic E-state index is 0.407.